The van der Waals surface area contributed by atoms with E-state index < -0.39 is 0 Å². The van der Waals surface area contributed by atoms with Gasteiger partial charge in [-0.2, -0.15) is 0 Å². The van der Waals surface area contributed by atoms with Gasteiger partial charge in [0.05, 0.1) is 6.10 Å². The summed E-state index contributed by atoms with van der Waals surface area (Å²) >= 11 is 0. The van der Waals surface area contributed by atoms with Gasteiger partial charge in [0.15, 0.2) is 0 Å². The molecule has 3 rings (SSSR count). The standard InChI is InChI=1S/C15H19NO3/c17-15(16-12-5-6-12)11-3-7-13(8-4-11)19-10-14-2-1-9-18-14/h3-4,7-8,12,14H,1-2,5-6,9-10H2,(H,16,17). The van der Waals surface area contributed by atoms with Crippen molar-refractivity contribution in [1.82, 2.24) is 5.32 Å². The molecule has 1 unspecified atom stereocenters. The lowest BCUT2D eigenvalue weighted by atomic mass is 10.2. The monoisotopic (exact) mass is 261 g/mol. The molecule has 1 aliphatic heterocycles. The summed E-state index contributed by atoms with van der Waals surface area (Å²) < 4.78 is 11.2. The predicted molar refractivity (Wildman–Crippen MR) is 71.4 cm³/mol. The zero-order valence-electron chi connectivity index (χ0n) is 10.9. The molecule has 1 aromatic carbocycles. The first-order valence-electron chi connectivity index (χ1n) is 6.96. The fourth-order valence-electron chi connectivity index (χ4n) is 2.16. The smallest absolute Gasteiger partial charge is 0.251 e. The Balaban J connectivity index is 1.51. The Kier molecular flexibility index (Phi) is 3.69. The third-order valence-corrected chi connectivity index (χ3v) is 3.49. The largest absolute Gasteiger partial charge is 0.491 e. The summed E-state index contributed by atoms with van der Waals surface area (Å²) in [7, 11) is 0. The molecule has 1 atom stereocenters. The minimum Gasteiger partial charge on any atom is -0.491 e. The molecule has 1 aliphatic carbocycles. The van der Waals surface area contributed by atoms with Gasteiger partial charge in [0.1, 0.15) is 12.4 Å². The Morgan fingerprint density at radius 3 is 2.68 bits per heavy atom. The first kappa shape index (κ1) is 12.5. The van der Waals surface area contributed by atoms with E-state index >= 15 is 0 Å². The fourth-order valence-corrected chi connectivity index (χ4v) is 2.16. The van der Waals surface area contributed by atoms with Crippen LogP contribution in [0.2, 0.25) is 0 Å². The van der Waals surface area contributed by atoms with Gasteiger partial charge in [-0.3, -0.25) is 4.79 Å². The maximum atomic E-state index is 11.8. The Hall–Kier alpha value is -1.55. The van der Waals surface area contributed by atoms with Crippen LogP contribution in [0.1, 0.15) is 36.0 Å². The van der Waals surface area contributed by atoms with Crippen LogP contribution in [0.15, 0.2) is 24.3 Å². The number of carbonyl (C=O) groups is 1. The molecule has 19 heavy (non-hydrogen) atoms. The van der Waals surface area contributed by atoms with Crippen LogP contribution in [-0.4, -0.2) is 31.3 Å². The number of hydrogen-bond donors (Lipinski definition) is 1. The molecular formula is C15H19NO3. The van der Waals surface area contributed by atoms with Crippen molar-refractivity contribution in [2.45, 2.75) is 37.8 Å². The van der Waals surface area contributed by atoms with E-state index in [1.165, 1.54) is 0 Å². The van der Waals surface area contributed by atoms with E-state index in [0.717, 1.165) is 38.0 Å². The van der Waals surface area contributed by atoms with Gasteiger partial charge in [0, 0.05) is 18.2 Å². The molecule has 0 spiro atoms. The Morgan fingerprint density at radius 2 is 2.05 bits per heavy atom. The van der Waals surface area contributed by atoms with Crippen molar-refractivity contribution in [3.63, 3.8) is 0 Å². The molecule has 1 saturated heterocycles. The molecule has 4 nitrogen and oxygen atoms in total. The van der Waals surface area contributed by atoms with Crippen LogP contribution in [0.25, 0.3) is 0 Å². The van der Waals surface area contributed by atoms with Crippen LogP contribution in [0, 0.1) is 0 Å². The number of rotatable bonds is 5. The van der Waals surface area contributed by atoms with Crippen molar-refractivity contribution in [2.75, 3.05) is 13.2 Å². The SMILES string of the molecule is O=C(NC1CC1)c1ccc(OCC2CCCO2)cc1. The van der Waals surface area contributed by atoms with E-state index in [4.69, 9.17) is 9.47 Å². The van der Waals surface area contributed by atoms with Gasteiger partial charge >= 0.3 is 0 Å². The van der Waals surface area contributed by atoms with Crippen molar-refractivity contribution in [2.24, 2.45) is 0 Å². The average Bonchev–Trinajstić information content (AvgIpc) is 3.09. The number of nitrogens with one attached hydrogen (secondary N) is 1. The topological polar surface area (TPSA) is 47.6 Å². The third-order valence-electron chi connectivity index (χ3n) is 3.49. The number of ether oxygens (including phenoxy) is 2. The highest BCUT2D eigenvalue weighted by Crippen LogP contribution is 2.20. The van der Waals surface area contributed by atoms with Gasteiger partial charge in [-0.05, 0) is 49.9 Å². The molecule has 1 aromatic rings. The van der Waals surface area contributed by atoms with Crippen LogP contribution >= 0.6 is 0 Å². The molecule has 2 aliphatic rings. The number of benzene rings is 1. The van der Waals surface area contributed by atoms with Gasteiger partial charge in [0.25, 0.3) is 5.91 Å². The lowest BCUT2D eigenvalue weighted by molar-refractivity contribution is 0.0679. The minimum atomic E-state index is 0.00757. The molecule has 2 fully saturated rings. The molecule has 4 heteroatoms. The first-order valence-corrected chi connectivity index (χ1v) is 6.96. The van der Waals surface area contributed by atoms with Gasteiger partial charge in [-0.25, -0.2) is 0 Å². The number of carbonyl (C=O) groups excluding carboxylic acids is 1. The van der Waals surface area contributed by atoms with Crippen molar-refractivity contribution in [1.29, 1.82) is 0 Å². The zero-order chi connectivity index (χ0) is 13.1. The molecule has 1 saturated carbocycles. The van der Waals surface area contributed by atoms with E-state index in [1.54, 1.807) is 0 Å². The summed E-state index contributed by atoms with van der Waals surface area (Å²) in [5.41, 5.74) is 0.691. The third kappa shape index (κ3) is 3.47. The molecule has 1 amide bonds. The maximum Gasteiger partial charge on any atom is 0.251 e. The predicted octanol–water partition coefficient (Wildman–Crippen LogP) is 2.14. The second-order valence-electron chi connectivity index (χ2n) is 5.22. The van der Waals surface area contributed by atoms with Gasteiger partial charge in [0.2, 0.25) is 0 Å². The van der Waals surface area contributed by atoms with Crippen LogP contribution in [0.3, 0.4) is 0 Å². The molecule has 1 N–H and O–H groups in total. The normalized spacial score (nSPS) is 22.2. The highest BCUT2D eigenvalue weighted by atomic mass is 16.5. The average molecular weight is 261 g/mol. The van der Waals surface area contributed by atoms with Gasteiger partial charge < -0.3 is 14.8 Å². The van der Waals surface area contributed by atoms with E-state index in [2.05, 4.69) is 5.32 Å². The minimum absolute atomic E-state index is 0.00757. The number of amides is 1. The molecular weight excluding hydrogens is 242 g/mol. The van der Waals surface area contributed by atoms with Crippen molar-refractivity contribution in [3.8, 4) is 5.75 Å². The summed E-state index contributed by atoms with van der Waals surface area (Å²) in [6, 6.07) is 7.70. The van der Waals surface area contributed by atoms with E-state index in [0.29, 0.717) is 18.2 Å². The van der Waals surface area contributed by atoms with Crippen molar-refractivity contribution in [3.05, 3.63) is 29.8 Å². The highest BCUT2D eigenvalue weighted by molar-refractivity contribution is 5.94. The Labute approximate surface area is 113 Å². The van der Waals surface area contributed by atoms with Gasteiger partial charge in [-0.1, -0.05) is 0 Å². The van der Waals surface area contributed by atoms with Crippen LogP contribution in [0.5, 0.6) is 5.75 Å². The summed E-state index contributed by atoms with van der Waals surface area (Å²) in [4.78, 5) is 11.8. The summed E-state index contributed by atoms with van der Waals surface area (Å²) in [5.74, 6) is 0.798. The van der Waals surface area contributed by atoms with Crippen molar-refractivity contribution < 1.29 is 14.3 Å². The summed E-state index contributed by atoms with van der Waals surface area (Å²) in [6.07, 6.45) is 4.62. The van der Waals surface area contributed by atoms with Crippen LogP contribution in [0.4, 0.5) is 0 Å². The maximum absolute atomic E-state index is 11.8. The van der Waals surface area contributed by atoms with Crippen LogP contribution < -0.4 is 10.1 Å². The highest BCUT2D eigenvalue weighted by Gasteiger charge is 2.23. The quantitative estimate of drug-likeness (QED) is 0.883. The van der Waals surface area contributed by atoms with Crippen molar-refractivity contribution >= 4 is 5.91 Å². The molecule has 1 heterocycles. The Morgan fingerprint density at radius 1 is 1.26 bits per heavy atom. The van der Waals surface area contributed by atoms with E-state index in [9.17, 15) is 4.79 Å². The second-order valence-corrected chi connectivity index (χ2v) is 5.22. The van der Waals surface area contributed by atoms with E-state index in [1.807, 2.05) is 24.3 Å². The summed E-state index contributed by atoms with van der Waals surface area (Å²) in [5, 5.41) is 2.97. The summed E-state index contributed by atoms with van der Waals surface area (Å²) in [6.45, 7) is 1.43. The number of hydrogen-bond acceptors (Lipinski definition) is 3. The molecule has 102 valence electrons. The molecule has 0 aromatic heterocycles. The fraction of sp³-hybridized carbons (Fsp3) is 0.533. The lowest BCUT2D eigenvalue weighted by Gasteiger charge is -2.11. The molecule has 0 bridgehead atoms. The molecule has 0 radical (unpaired) electrons. The van der Waals surface area contributed by atoms with Gasteiger partial charge in [-0.15, -0.1) is 0 Å². The van der Waals surface area contributed by atoms with Crippen LogP contribution in [-0.2, 0) is 4.74 Å². The second kappa shape index (κ2) is 5.61. The Bertz CT molecular complexity index is 433. The lowest BCUT2D eigenvalue weighted by Crippen LogP contribution is -2.25. The zero-order valence-corrected chi connectivity index (χ0v) is 10.9. The first-order chi connectivity index (χ1) is 9.31. The van der Waals surface area contributed by atoms with E-state index in [-0.39, 0.29) is 12.0 Å².